The van der Waals surface area contributed by atoms with Crippen LogP contribution in [0.2, 0.25) is 0 Å². The van der Waals surface area contributed by atoms with Gasteiger partial charge in [0, 0.05) is 17.8 Å². The van der Waals surface area contributed by atoms with Crippen molar-refractivity contribution < 1.29 is 9.84 Å². The maximum absolute atomic E-state index is 9.36. The number of ether oxygens (including phenoxy) is 1. The van der Waals surface area contributed by atoms with Crippen LogP contribution in [0.5, 0.6) is 5.88 Å². The quantitative estimate of drug-likeness (QED) is 0.577. The number of hydrogen-bond donors (Lipinski definition) is 2. The Morgan fingerprint density at radius 2 is 2.04 bits per heavy atom. The molecule has 0 spiro atoms. The Labute approximate surface area is 149 Å². The van der Waals surface area contributed by atoms with E-state index in [2.05, 4.69) is 20.4 Å². The van der Waals surface area contributed by atoms with Gasteiger partial charge in [0.15, 0.2) is 5.65 Å². The number of benzene rings is 1. The van der Waals surface area contributed by atoms with Crippen LogP contribution in [0.15, 0.2) is 61.1 Å². The molecule has 0 radical (unpaired) electrons. The third kappa shape index (κ3) is 2.96. The van der Waals surface area contributed by atoms with Gasteiger partial charge in [0.05, 0.1) is 31.8 Å². The lowest BCUT2D eigenvalue weighted by Crippen LogP contribution is -2.01. The van der Waals surface area contributed by atoms with Gasteiger partial charge >= 0.3 is 0 Å². The molecule has 0 amide bonds. The standard InChI is InChI=1S/C19H17N5O2/c1-26-18-6-5-15(10-21-18)23-17-7-8-20-19-16(11-22-24(17)19)14-4-2-3-13(9-14)12-25/h2-11,23,25H,12H2,1H3. The van der Waals surface area contributed by atoms with Crippen molar-refractivity contribution >= 4 is 17.2 Å². The SMILES string of the molecule is COc1ccc(Nc2ccnc3c(-c4cccc(CO)c4)cnn23)cn1. The number of aliphatic hydroxyl groups is 1. The van der Waals surface area contributed by atoms with E-state index >= 15 is 0 Å². The summed E-state index contributed by atoms with van der Waals surface area (Å²) in [6, 6.07) is 13.2. The minimum atomic E-state index is -0.00223. The lowest BCUT2D eigenvalue weighted by molar-refractivity contribution is 0.282. The largest absolute Gasteiger partial charge is 0.481 e. The van der Waals surface area contributed by atoms with E-state index in [0.717, 1.165) is 33.8 Å². The van der Waals surface area contributed by atoms with Gasteiger partial charge in [0.2, 0.25) is 5.88 Å². The van der Waals surface area contributed by atoms with Gasteiger partial charge < -0.3 is 15.2 Å². The average molecular weight is 347 g/mol. The van der Waals surface area contributed by atoms with E-state index in [0.29, 0.717) is 5.88 Å². The molecule has 3 aromatic heterocycles. The topological polar surface area (TPSA) is 84.6 Å². The Bertz CT molecular complexity index is 1040. The molecule has 0 fully saturated rings. The van der Waals surface area contributed by atoms with Crippen LogP contribution < -0.4 is 10.1 Å². The molecule has 4 rings (SSSR count). The van der Waals surface area contributed by atoms with Crippen molar-refractivity contribution in [1.82, 2.24) is 19.6 Å². The second-order valence-corrected chi connectivity index (χ2v) is 5.70. The van der Waals surface area contributed by atoms with Crippen molar-refractivity contribution in [2.75, 3.05) is 12.4 Å². The van der Waals surface area contributed by atoms with Crippen molar-refractivity contribution in [2.24, 2.45) is 0 Å². The molecule has 0 unspecified atom stereocenters. The zero-order valence-electron chi connectivity index (χ0n) is 14.1. The summed E-state index contributed by atoms with van der Waals surface area (Å²) in [4.78, 5) is 8.66. The number of aliphatic hydroxyl groups excluding tert-OH is 1. The van der Waals surface area contributed by atoms with Crippen LogP contribution in [-0.4, -0.2) is 31.8 Å². The Hall–Kier alpha value is -3.45. The highest BCUT2D eigenvalue weighted by atomic mass is 16.5. The molecule has 26 heavy (non-hydrogen) atoms. The monoisotopic (exact) mass is 347 g/mol. The normalized spacial score (nSPS) is 10.8. The Balaban J connectivity index is 1.72. The molecule has 2 N–H and O–H groups in total. The Morgan fingerprint density at radius 3 is 2.81 bits per heavy atom. The molecule has 0 aliphatic carbocycles. The maximum atomic E-state index is 9.36. The van der Waals surface area contributed by atoms with Crippen LogP contribution in [0.3, 0.4) is 0 Å². The summed E-state index contributed by atoms with van der Waals surface area (Å²) in [5, 5.41) is 17.1. The molecule has 4 aromatic rings. The Morgan fingerprint density at radius 1 is 1.12 bits per heavy atom. The van der Waals surface area contributed by atoms with Crippen LogP contribution >= 0.6 is 0 Å². The van der Waals surface area contributed by atoms with Crippen LogP contribution in [-0.2, 0) is 6.61 Å². The highest BCUT2D eigenvalue weighted by Crippen LogP contribution is 2.26. The number of pyridine rings is 1. The van der Waals surface area contributed by atoms with Crippen LogP contribution in [0, 0.1) is 0 Å². The van der Waals surface area contributed by atoms with Gasteiger partial charge in [0.1, 0.15) is 5.82 Å². The van der Waals surface area contributed by atoms with Crippen LogP contribution in [0.4, 0.5) is 11.5 Å². The number of fused-ring (bicyclic) bond motifs is 1. The summed E-state index contributed by atoms with van der Waals surface area (Å²) in [5.74, 6) is 1.33. The second-order valence-electron chi connectivity index (χ2n) is 5.70. The first kappa shape index (κ1) is 16.0. The molecular formula is C19H17N5O2. The second kappa shape index (κ2) is 6.81. The smallest absolute Gasteiger partial charge is 0.213 e. The molecule has 0 atom stereocenters. The molecule has 0 saturated carbocycles. The fourth-order valence-electron chi connectivity index (χ4n) is 2.75. The molecule has 0 aliphatic heterocycles. The number of rotatable bonds is 5. The lowest BCUT2D eigenvalue weighted by Gasteiger charge is -2.08. The zero-order valence-corrected chi connectivity index (χ0v) is 14.1. The number of hydrogen-bond acceptors (Lipinski definition) is 6. The van der Waals surface area contributed by atoms with Gasteiger partial charge in [-0.1, -0.05) is 18.2 Å². The van der Waals surface area contributed by atoms with Crippen molar-refractivity contribution in [2.45, 2.75) is 6.61 Å². The van der Waals surface area contributed by atoms with E-state index in [4.69, 9.17) is 4.74 Å². The predicted molar refractivity (Wildman–Crippen MR) is 98.4 cm³/mol. The summed E-state index contributed by atoms with van der Waals surface area (Å²) in [6.45, 7) is -0.00223. The number of nitrogens with one attached hydrogen (secondary N) is 1. The van der Waals surface area contributed by atoms with Gasteiger partial charge in [-0.05, 0) is 29.3 Å². The summed E-state index contributed by atoms with van der Waals surface area (Å²) in [6.07, 6.45) is 5.20. The molecule has 0 bridgehead atoms. The fourth-order valence-corrected chi connectivity index (χ4v) is 2.75. The predicted octanol–water partition coefficient (Wildman–Crippen LogP) is 3.04. The minimum absolute atomic E-state index is 0.00223. The van der Waals surface area contributed by atoms with E-state index < -0.39 is 0 Å². The first-order chi connectivity index (χ1) is 12.8. The van der Waals surface area contributed by atoms with Gasteiger partial charge in [-0.3, -0.25) is 0 Å². The third-order valence-corrected chi connectivity index (χ3v) is 4.04. The number of methoxy groups -OCH3 is 1. The molecule has 3 heterocycles. The van der Waals surface area contributed by atoms with Crippen molar-refractivity contribution in [3.05, 3.63) is 66.6 Å². The number of nitrogens with zero attached hydrogens (tertiary/aromatic N) is 4. The van der Waals surface area contributed by atoms with E-state index in [1.165, 1.54) is 0 Å². The van der Waals surface area contributed by atoms with Gasteiger partial charge in [0.25, 0.3) is 0 Å². The molecule has 130 valence electrons. The Kier molecular flexibility index (Phi) is 4.20. The highest BCUT2D eigenvalue weighted by Gasteiger charge is 2.11. The first-order valence-corrected chi connectivity index (χ1v) is 8.08. The molecule has 0 saturated heterocycles. The zero-order chi connectivity index (χ0) is 17.9. The molecule has 7 heteroatoms. The van der Waals surface area contributed by atoms with Crippen molar-refractivity contribution in [3.63, 3.8) is 0 Å². The fraction of sp³-hybridized carbons (Fsp3) is 0.105. The molecular weight excluding hydrogens is 330 g/mol. The minimum Gasteiger partial charge on any atom is -0.481 e. The van der Waals surface area contributed by atoms with Crippen LogP contribution in [0.1, 0.15) is 5.56 Å². The summed E-state index contributed by atoms with van der Waals surface area (Å²) in [7, 11) is 1.58. The molecule has 1 aromatic carbocycles. The van der Waals surface area contributed by atoms with E-state index in [1.807, 2.05) is 36.4 Å². The van der Waals surface area contributed by atoms with E-state index in [-0.39, 0.29) is 6.61 Å². The maximum Gasteiger partial charge on any atom is 0.213 e. The third-order valence-electron chi connectivity index (χ3n) is 4.04. The molecule has 0 aliphatic rings. The number of anilines is 2. The van der Waals surface area contributed by atoms with E-state index in [9.17, 15) is 5.11 Å². The van der Waals surface area contributed by atoms with Gasteiger partial charge in [-0.2, -0.15) is 9.61 Å². The van der Waals surface area contributed by atoms with Gasteiger partial charge in [-0.25, -0.2) is 9.97 Å². The van der Waals surface area contributed by atoms with Crippen LogP contribution in [0.25, 0.3) is 16.8 Å². The van der Waals surface area contributed by atoms with Crippen molar-refractivity contribution in [1.29, 1.82) is 0 Å². The highest BCUT2D eigenvalue weighted by molar-refractivity contribution is 5.78. The number of aromatic nitrogens is 4. The molecule has 7 nitrogen and oxygen atoms in total. The van der Waals surface area contributed by atoms with Crippen molar-refractivity contribution in [3.8, 4) is 17.0 Å². The lowest BCUT2D eigenvalue weighted by atomic mass is 10.1. The summed E-state index contributed by atoms with van der Waals surface area (Å²) in [5.41, 5.74) is 4.25. The average Bonchev–Trinajstić information content (AvgIpc) is 3.14. The summed E-state index contributed by atoms with van der Waals surface area (Å²) >= 11 is 0. The first-order valence-electron chi connectivity index (χ1n) is 8.08. The summed E-state index contributed by atoms with van der Waals surface area (Å²) < 4.78 is 6.82. The van der Waals surface area contributed by atoms with Gasteiger partial charge in [-0.15, -0.1) is 0 Å². The van der Waals surface area contributed by atoms with E-state index in [1.54, 1.807) is 36.3 Å².